The zero-order chi connectivity index (χ0) is 10.2. The van der Waals surface area contributed by atoms with Gasteiger partial charge in [-0.15, -0.1) is 0 Å². The van der Waals surface area contributed by atoms with E-state index in [0.717, 1.165) is 0 Å². The van der Waals surface area contributed by atoms with Crippen LogP contribution in [0, 0.1) is 0 Å². The van der Waals surface area contributed by atoms with Gasteiger partial charge in [-0.05, 0) is 0 Å². The Kier molecular flexibility index (Phi) is 3.86. The SMILES string of the molecule is NC1C(N)C(N)C(OI)C(N)C1N. The first-order valence-electron chi connectivity index (χ1n) is 4.06. The summed E-state index contributed by atoms with van der Waals surface area (Å²) in [6.07, 6.45) is -0.328. The molecule has 0 aromatic heterocycles. The standard InChI is InChI=1S/C6H16IN5O/c7-13-6-4(11)2(9)1(8)3(10)5(6)12/h1-6H,8-12H2. The minimum Gasteiger partial charge on any atom is -0.325 e. The van der Waals surface area contributed by atoms with Crippen LogP contribution in [0.1, 0.15) is 0 Å². The molecule has 0 spiro atoms. The van der Waals surface area contributed by atoms with Gasteiger partial charge in [0.2, 0.25) is 0 Å². The van der Waals surface area contributed by atoms with E-state index in [-0.39, 0.29) is 36.3 Å². The summed E-state index contributed by atoms with van der Waals surface area (Å²) in [5.41, 5.74) is 28.9. The molecule has 7 heteroatoms. The van der Waals surface area contributed by atoms with E-state index in [1.54, 1.807) is 23.0 Å². The second-order valence-electron chi connectivity index (χ2n) is 3.44. The Morgan fingerprint density at radius 3 is 1.31 bits per heavy atom. The first-order chi connectivity index (χ1) is 6.00. The van der Waals surface area contributed by atoms with Crippen molar-refractivity contribution in [2.45, 2.75) is 36.3 Å². The topological polar surface area (TPSA) is 139 Å². The van der Waals surface area contributed by atoms with E-state index in [1.165, 1.54) is 0 Å². The molecule has 4 unspecified atom stereocenters. The van der Waals surface area contributed by atoms with Crippen molar-refractivity contribution in [3.8, 4) is 0 Å². The Labute approximate surface area is 91.2 Å². The predicted molar refractivity (Wildman–Crippen MR) is 58.8 cm³/mol. The maximum absolute atomic E-state index is 5.81. The average molecular weight is 301 g/mol. The summed E-state index contributed by atoms with van der Waals surface area (Å²) >= 11 is 1.75. The zero-order valence-corrected chi connectivity index (χ0v) is 9.29. The minimum atomic E-state index is -0.368. The molecule has 0 bridgehead atoms. The van der Waals surface area contributed by atoms with Crippen molar-refractivity contribution in [2.24, 2.45) is 28.7 Å². The molecule has 0 aromatic rings. The molecule has 1 rings (SSSR count). The third kappa shape index (κ3) is 1.96. The van der Waals surface area contributed by atoms with E-state index in [0.29, 0.717) is 0 Å². The molecule has 0 heterocycles. The summed E-state index contributed by atoms with van der Waals surface area (Å²) in [6.45, 7) is 0. The van der Waals surface area contributed by atoms with Crippen LogP contribution in [0.2, 0.25) is 0 Å². The smallest absolute Gasteiger partial charge is 0.110 e. The van der Waals surface area contributed by atoms with Crippen LogP contribution in [0.5, 0.6) is 0 Å². The van der Waals surface area contributed by atoms with E-state index in [1.807, 2.05) is 0 Å². The molecule has 0 radical (unpaired) electrons. The van der Waals surface area contributed by atoms with Gasteiger partial charge in [0.25, 0.3) is 0 Å². The maximum atomic E-state index is 5.81. The molecule has 4 atom stereocenters. The second-order valence-corrected chi connectivity index (χ2v) is 3.95. The second kappa shape index (κ2) is 4.34. The molecule has 6 nitrogen and oxygen atoms in total. The van der Waals surface area contributed by atoms with Crippen LogP contribution in [0.4, 0.5) is 0 Å². The maximum Gasteiger partial charge on any atom is 0.110 e. The highest BCUT2D eigenvalue weighted by atomic mass is 127. The molecule has 1 fully saturated rings. The van der Waals surface area contributed by atoms with Crippen molar-refractivity contribution in [1.82, 2.24) is 0 Å². The summed E-state index contributed by atoms with van der Waals surface area (Å²) in [4.78, 5) is 0. The van der Waals surface area contributed by atoms with Crippen molar-refractivity contribution in [3.05, 3.63) is 0 Å². The third-order valence-electron chi connectivity index (χ3n) is 2.64. The van der Waals surface area contributed by atoms with E-state index in [9.17, 15) is 0 Å². The molecular formula is C6H16IN5O. The number of hydrogen-bond donors (Lipinski definition) is 5. The first kappa shape index (κ1) is 11.6. The summed E-state index contributed by atoms with van der Waals surface area (Å²) in [5.74, 6) is 0. The lowest BCUT2D eigenvalue weighted by atomic mass is 9.79. The van der Waals surface area contributed by atoms with Gasteiger partial charge < -0.3 is 31.7 Å². The summed E-state index contributed by atoms with van der Waals surface area (Å²) in [6, 6.07) is -1.82. The lowest BCUT2D eigenvalue weighted by molar-refractivity contribution is 0.116. The molecule has 1 saturated carbocycles. The Balaban J connectivity index is 2.79. The van der Waals surface area contributed by atoms with Crippen LogP contribution in [-0.2, 0) is 3.07 Å². The lowest BCUT2D eigenvalue weighted by Gasteiger charge is -2.44. The summed E-state index contributed by atoms with van der Waals surface area (Å²) < 4.78 is 5.11. The Morgan fingerprint density at radius 1 is 0.692 bits per heavy atom. The highest BCUT2D eigenvalue weighted by Gasteiger charge is 2.44. The number of nitrogens with two attached hydrogens (primary N) is 5. The van der Waals surface area contributed by atoms with Gasteiger partial charge in [0, 0.05) is 18.1 Å². The van der Waals surface area contributed by atoms with Crippen LogP contribution < -0.4 is 28.7 Å². The molecule has 78 valence electrons. The highest BCUT2D eigenvalue weighted by molar-refractivity contribution is 14.1. The molecule has 0 saturated heterocycles. The van der Waals surface area contributed by atoms with Gasteiger partial charge >= 0.3 is 0 Å². The van der Waals surface area contributed by atoms with Crippen LogP contribution in [0.15, 0.2) is 0 Å². The van der Waals surface area contributed by atoms with Gasteiger partial charge in [-0.25, -0.2) is 0 Å². The molecular weight excluding hydrogens is 285 g/mol. The molecule has 13 heavy (non-hydrogen) atoms. The third-order valence-corrected chi connectivity index (χ3v) is 3.23. The van der Waals surface area contributed by atoms with Gasteiger partial charge in [-0.3, -0.25) is 0 Å². The van der Waals surface area contributed by atoms with Crippen LogP contribution >= 0.6 is 23.0 Å². The van der Waals surface area contributed by atoms with E-state index >= 15 is 0 Å². The fraction of sp³-hybridized carbons (Fsp3) is 1.00. The Bertz CT molecular complexity index is 166. The van der Waals surface area contributed by atoms with Crippen molar-refractivity contribution in [1.29, 1.82) is 0 Å². The Hall–Kier alpha value is 0.490. The number of hydrogen-bond acceptors (Lipinski definition) is 6. The summed E-state index contributed by atoms with van der Waals surface area (Å²) in [5, 5.41) is 0. The fourth-order valence-electron chi connectivity index (χ4n) is 1.58. The first-order valence-corrected chi connectivity index (χ1v) is 4.94. The Morgan fingerprint density at radius 2 is 1.00 bits per heavy atom. The predicted octanol–water partition coefficient (Wildman–Crippen LogP) is -2.63. The number of halogens is 1. The summed E-state index contributed by atoms with van der Waals surface area (Å²) in [7, 11) is 0. The van der Waals surface area contributed by atoms with Crippen LogP contribution in [0.3, 0.4) is 0 Å². The van der Waals surface area contributed by atoms with Gasteiger partial charge in [0.15, 0.2) is 0 Å². The zero-order valence-electron chi connectivity index (χ0n) is 7.14. The average Bonchev–Trinajstić information content (AvgIpc) is 2.13. The molecule has 0 aromatic carbocycles. The molecule has 1 aliphatic carbocycles. The monoisotopic (exact) mass is 301 g/mol. The van der Waals surface area contributed by atoms with Gasteiger partial charge in [-0.2, -0.15) is 0 Å². The molecule has 0 aliphatic heterocycles. The van der Waals surface area contributed by atoms with Crippen molar-refractivity contribution in [3.63, 3.8) is 0 Å². The molecule has 1 aliphatic rings. The molecule has 10 N–H and O–H groups in total. The lowest BCUT2D eigenvalue weighted by Crippen LogP contribution is -2.75. The largest absolute Gasteiger partial charge is 0.325 e. The quantitative estimate of drug-likeness (QED) is 0.336. The normalized spacial score (nSPS) is 52.2. The van der Waals surface area contributed by atoms with Gasteiger partial charge in [-0.1, -0.05) is 0 Å². The van der Waals surface area contributed by atoms with Crippen LogP contribution in [-0.4, -0.2) is 36.3 Å². The van der Waals surface area contributed by atoms with Crippen molar-refractivity contribution >= 4 is 23.0 Å². The van der Waals surface area contributed by atoms with Gasteiger partial charge in [0.05, 0.1) is 12.1 Å². The van der Waals surface area contributed by atoms with Crippen molar-refractivity contribution < 1.29 is 3.07 Å². The van der Waals surface area contributed by atoms with Gasteiger partial charge in [0.1, 0.15) is 29.1 Å². The van der Waals surface area contributed by atoms with E-state index < -0.39 is 0 Å². The van der Waals surface area contributed by atoms with E-state index in [4.69, 9.17) is 31.7 Å². The highest BCUT2D eigenvalue weighted by Crippen LogP contribution is 2.19. The van der Waals surface area contributed by atoms with E-state index in [2.05, 4.69) is 0 Å². The van der Waals surface area contributed by atoms with Crippen LogP contribution in [0.25, 0.3) is 0 Å². The minimum absolute atomic E-state index is 0.328. The van der Waals surface area contributed by atoms with Crippen molar-refractivity contribution in [2.75, 3.05) is 0 Å². The fourth-order valence-corrected chi connectivity index (χ4v) is 2.26. The number of rotatable bonds is 1. The molecule has 0 amide bonds.